The number of aromatic nitrogens is 1. The Labute approximate surface area is 103 Å². The van der Waals surface area contributed by atoms with Crippen LogP contribution in [0.3, 0.4) is 0 Å². The van der Waals surface area contributed by atoms with Crippen LogP contribution in [0.25, 0.3) is 0 Å². The first kappa shape index (κ1) is 12.2. The zero-order valence-corrected chi connectivity index (χ0v) is 10.3. The quantitative estimate of drug-likeness (QED) is 0.823. The summed E-state index contributed by atoms with van der Waals surface area (Å²) in [5.41, 5.74) is 5.37. The fraction of sp³-hybridized carbons (Fsp3) is 0.455. The maximum Gasteiger partial charge on any atom is 0.257 e. The second-order valence-electron chi connectivity index (χ2n) is 3.99. The normalized spacial score (nSPS) is 20.4. The molecule has 2 rings (SSSR count). The first-order valence-corrected chi connectivity index (χ1v) is 6.45. The fourth-order valence-corrected chi connectivity index (χ4v) is 2.81. The Hall–Kier alpha value is -1.30. The maximum absolute atomic E-state index is 13.7. The summed E-state index contributed by atoms with van der Waals surface area (Å²) in [5, 5.41) is 0.384. The van der Waals surface area contributed by atoms with E-state index in [0.29, 0.717) is 18.3 Å². The lowest BCUT2D eigenvalue weighted by atomic mass is 10.2. The molecule has 1 aromatic heterocycles. The van der Waals surface area contributed by atoms with Gasteiger partial charge < -0.3 is 10.6 Å². The van der Waals surface area contributed by atoms with Crippen molar-refractivity contribution in [2.24, 2.45) is 0 Å². The van der Waals surface area contributed by atoms with Gasteiger partial charge in [-0.3, -0.25) is 4.79 Å². The molecule has 1 atom stereocenters. The molecule has 0 aliphatic carbocycles. The molecule has 0 spiro atoms. The van der Waals surface area contributed by atoms with Gasteiger partial charge in [0, 0.05) is 30.3 Å². The number of carbonyl (C=O) groups is 1. The molecule has 17 heavy (non-hydrogen) atoms. The minimum Gasteiger partial charge on any atom is -0.381 e. The number of rotatable bonds is 1. The second kappa shape index (κ2) is 4.91. The second-order valence-corrected chi connectivity index (χ2v) is 5.54. The van der Waals surface area contributed by atoms with Crippen molar-refractivity contribution in [2.75, 3.05) is 24.6 Å². The molecule has 1 aromatic rings. The highest BCUT2D eigenvalue weighted by Crippen LogP contribution is 2.21. The van der Waals surface area contributed by atoms with Crippen LogP contribution in [0.2, 0.25) is 0 Å². The molecule has 0 radical (unpaired) electrons. The highest BCUT2D eigenvalue weighted by atomic mass is 32.2. The van der Waals surface area contributed by atoms with Gasteiger partial charge in [-0.05, 0) is 6.07 Å². The molecular weight excluding hydrogens is 241 g/mol. The van der Waals surface area contributed by atoms with Crippen LogP contribution in [0.5, 0.6) is 0 Å². The molecule has 92 valence electrons. The fourth-order valence-electron chi connectivity index (χ4n) is 1.80. The summed E-state index contributed by atoms with van der Waals surface area (Å²) in [5.74, 6) is -0.364. The topological polar surface area (TPSA) is 59.2 Å². The number of hydrogen-bond acceptors (Lipinski definition) is 4. The van der Waals surface area contributed by atoms with Crippen molar-refractivity contribution in [3.8, 4) is 0 Å². The molecule has 1 amide bonds. The van der Waals surface area contributed by atoms with Gasteiger partial charge in [-0.2, -0.15) is 11.8 Å². The van der Waals surface area contributed by atoms with E-state index in [4.69, 9.17) is 5.73 Å². The minimum absolute atomic E-state index is 0.0107. The van der Waals surface area contributed by atoms with Gasteiger partial charge in [0.1, 0.15) is 0 Å². The average Bonchev–Trinajstić information content (AvgIpc) is 2.32. The number of nitrogen functional groups attached to an aromatic ring is 1. The monoisotopic (exact) mass is 255 g/mol. The molecule has 1 aliphatic rings. The zero-order chi connectivity index (χ0) is 12.4. The van der Waals surface area contributed by atoms with Gasteiger partial charge in [0.15, 0.2) is 11.6 Å². The van der Waals surface area contributed by atoms with E-state index in [1.165, 1.54) is 12.3 Å². The molecule has 1 fully saturated rings. The summed E-state index contributed by atoms with van der Waals surface area (Å²) in [4.78, 5) is 17.4. The van der Waals surface area contributed by atoms with E-state index in [1.54, 1.807) is 4.90 Å². The third-order valence-electron chi connectivity index (χ3n) is 2.67. The molecule has 2 heterocycles. The van der Waals surface area contributed by atoms with E-state index in [9.17, 15) is 9.18 Å². The van der Waals surface area contributed by atoms with Crippen LogP contribution in [-0.4, -0.2) is 39.9 Å². The number of hydrogen-bond donors (Lipinski definition) is 1. The Bertz CT molecular complexity index is 441. The summed E-state index contributed by atoms with van der Waals surface area (Å²) in [6.45, 7) is 3.35. The smallest absolute Gasteiger partial charge is 0.257 e. The average molecular weight is 255 g/mol. The third-order valence-corrected chi connectivity index (χ3v) is 3.81. The summed E-state index contributed by atoms with van der Waals surface area (Å²) in [6.07, 6.45) is 1.35. The molecule has 1 aliphatic heterocycles. The van der Waals surface area contributed by atoms with Crippen molar-refractivity contribution in [1.82, 2.24) is 9.88 Å². The van der Waals surface area contributed by atoms with E-state index in [1.807, 2.05) is 11.8 Å². The number of nitrogens with zero attached hydrogens (tertiary/aromatic N) is 2. The summed E-state index contributed by atoms with van der Waals surface area (Å²) in [7, 11) is 0. The number of nitrogens with two attached hydrogens (primary N) is 1. The van der Waals surface area contributed by atoms with Gasteiger partial charge in [0.25, 0.3) is 5.91 Å². The largest absolute Gasteiger partial charge is 0.381 e. The number of carbonyl (C=O) groups excluding carboxylic acids is 1. The molecule has 2 N–H and O–H groups in total. The zero-order valence-electron chi connectivity index (χ0n) is 9.52. The van der Waals surface area contributed by atoms with Crippen molar-refractivity contribution in [3.05, 3.63) is 23.6 Å². The SMILES string of the molecule is CC1CN(C(=O)c2ccnc(N)c2F)CCS1. The van der Waals surface area contributed by atoms with Crippen LogP contribution < -0.4 is 5.73 Å². The van der Waals surface area contributed by atoms with Crippen molar-refractivity contribution < 1.29 is 9.18 Å². The van der Waals surface area contributed by atoms with Gasteiger partial charge in [0.05, 0.1) is 5.56 Å². The van der Waals surface area contributed by atoms with Crippen molar-refractivity contribution in [1.29, 1.82) is 0 Å². The van der Waals surface area contributed by atoms with Crippen LogP contribution in [0.1, 0.15) is 17.3 Å². The van der Waals surface area contributed by atoms with Crippen molar-refractivity contribution >= 4 is 23.5 Å². The van der Waals surface area contributed by atoms with E-state index in [2.05, 4.69) is 11.9 Å². The molecule has 6 heteroatoms. The van der Waals surface area contributed by atoms with Crippen molar-refractivity contribution in [3.63, 3.8) is 0 Å². The van der Waals surface area contributed by atoms with Gasteiger partial charge >= 0.3 is 0 Å². The standard InChI is InChI=1S/C11H14FN3OS/c1-7-6-15(4-5-17-7)11(16)8-2-3-14-10(13)9(8)12/h2-3,7H,4-6H2,1H3,(H2,13,14). The molecule has 0 saturated carbocycles. The van der Waals surface area contributed by atoms with E-state index >= 15 is 0 Å². The molecule has 0 bridgehead atoms. The van der Waals surface area contributed by atoms with Crippen molar-refractivity contribution in [2.45, 2.75) is 12.2 Å². The van der Waals surface area contributed by atoms with Crippen LogP contribution in [-0.2, 0) is 0 Å². The molecule has 1 unspecified atom stereocenters. The predicted molar refractivity (Wildman–Crippen MR) is 66.4 cm³/mol. The van der Waals surface area contributed by atoms with E-state index < -0.39 is 5.82 Å². The first-order chi connectivity index (χ1) is 8.09. The first-order valence-electron chi connectivity index (χ1n) is 5.40. The Kier molecular flexibility index (Phi) is 3.51. The molecule has 0 aromatic carbocycles. The summed E-state index contributed by atoms with van der Waals surface area (Å²) in [6, 6.07) is 1.38. The number of amides is 1. The summed E-state index contributed by atoms with van der Waals surface area (Å²) < 4.78 is 13.7. The molecule has 4 nitrogen and oxygen atoms in total. The molecule has 1 saturated heterocycles. The third kappa shape index (κ3) is 2.52. The van der Waals surface area contributed by atoms with Crippen LogP contribution in [0, 0.1) is 5.82 Å². The highest BCUT2D eigenvalue weighted by molar-refractivity contribution is 7.99. The minimum atomic E-state index is -0.719. The lowest BCUT2D eigenvalue weighted by molar-refractivity contribution is 0.0758. The summed E-state index contributed by atoms with van der Waals surface area (Å²) >= 11 is 1.82. The molecular formula is C11H14FN3OS. The Morgan fingerprint density at radius 2 is 2.47 bits per heavy atom. The van der Waals surface area contributed by atoms with Gasteiger partial charge in [0.2, 0.25) is 0 Å². The van der Waals surface area contributed by atoms with Gasteiger partial charge in [-0.15, -0.1) is 0 Å². The van der Waals surface area contributed by atoms with Crippen LogP contribution >= 0.6 is 11.8 Å². The Morgan fingerprint density at radius 3 is 3.18 bits per heavy atom. The van der Waals surface area contributed by atoms with Gasteiger partial charge in [-0.25, -0.2) is 9.37 Å². The number of anilines is 1. The Morgan fingerprint density at radius 1 is 1.71 bits per heavy atom. The maximum atomic E-state index is 13.7. The van der Waals surface area contributed by atoms with Gasteiger partial charge in [-0.1, -0.05) is 6.92 Å². The Balaban J connectivity index is 2.22. The van der Waals surface area contributed by atoms with Crippen LogP contribution in [0.15, 0.2) is 12.3 Å². The lowest BCUT2D eigenvalue weighted by Crippen LogP contribution is -2.41. The predicted octanol–water partition coefficient (Wildman–Crippen LogP) is 1.38. The van der Waals surface area contributed by atoms with E-state index in [0.717, 1.165) is 5.75 Å². The highest BCUT2D eigenvalue weighted by Gasteiger charge is 2.25. The van der Waals surface area contributed by atoms with E-state index in [-0.39, 0.29) is 17.3 Å². The van der Waals surface area contributed by atoms with Crippen LogP contribution in [0.4, 0.5) is 10.2 Å². The number of halogens is 1. The number of pyridine rings is 1. The lowest BCUT2D eigenvalue weighted by Gasteiger charge is -2.30. The number of thioether (sulfide) groups is 1.